The lowest BCUT2D eigenvalue weighted by Gasteiger charge is -2.24. The van der Waals surface area contributed by atoms with Gasteiger partial charge >= 0.3 is 6.09 Å². The summed E-state index contributed by atoms with van der Waals surface area (Å²) in [6.45, 7) is 5.54. The maximum absolute atomic E-state index is 14.6. The summed E-state index contributed by atoms with van der Waals surface area (Å²) in [5, 5.41) is 3.96. The van der Waals surface area contributed by atoms with Gasteiger partial charge in [-0.2, -0.15) is 0 Å². The van der Waals surface area contributed by atoms with Gasteiger partial charge in [0.05, 0.1) is 35.7 Å². The highest BCUT2D eigenvalue weighted by molar-refractivity contribution is 9.10. The van der Waals surface area contributed by atoms with Crippen molar-refractivity contribution in [1.82, 2.24) is 9.88 Å². The molecule has 1 aromatic heterocycles. The summed E-state index contributed by atoms with van der Waals surface area (Å²) >= 11 is 3.43. The van der Waals surface area contributed by atoms with Crippen LogP contribution < -0.4 is 11.1 Å². The number of ether oxygens (including phenoxy) is 1. The number of hydrogen-bond donors (Lipinski definition) is 2. The molecule has 0 spiro atoms. The SMILES string of the molecule is CC(C)(C)OC(=O)N1C[C@H](F)[C@H](Nc2c(N)cnc3ccc(Br)cc23)C1. The average molecular weight is 425 g/mol. The van der Waals surface area contributed by atoms with E-state index in [-0.39, 0.29) is 13.1 Å². The number of pyridine rings is 1. The zero-order valence-electron chi connectivity index (χ0n) is 14.9. The van der Waals surface area contributed by atoms with Crippen LogP contribution >= 0.6 is 15.9 Å². The number of nitrogens with zero attached hydrogens (tertiary/aromatic N) is 2. The Bertz CT molecular complexity index is 835. The summed E-state index contributed by atoms with van der Waals surface area (Å²) < 4.78 is 20.8. The average Bonchev–Trinajstić information content (AvgIpc) is 2.90. The number of nitrogens with two attached hydrogens (primary N) is 1. The first-order valence-corrected chi connectivity index (χ1v) is 9.15. The minimum Gasteiger partial charge on any atom is -0.444 e. The molecule has 140 valence electrons. The molecule has 0 saturated carbocycles. The number of carbonyl (C=O) groups excluding carboxylic acids is 1. The number of nitrogens with one attached hydrogen (secondary N) is 1. The van der Waals surface area contributed by atoms with Gasteiger partial charge in [0.15, 0.2) is 0 Å². The van der Waals surface area contributed by atoms with Gasteiger partial charge in [0.25, 0.3) is 0 Å². The lowest BCUT2D eigenvalue weighted by atomic mass is 10.1. The van der Waals surface area contributed by atoms with Crippen LogP contribution in [0.3, 0.4) is 0 Å². The largest absolute Gasteiger partial charge is 0.444 e. The Kier molecular flexibility index (Phi) is 4.96. The minimum absolute atomic E-state index is 0.0147. The molecule has 1 aromatic carbocycles. The molecule has 0 radical (unpaired) electrons. The van der Waals surface area contributed by atoms with Gasteiger partial charge in [-0.15, -0.1) is 0 Å². The van der Waals surface area contributed by atoms with Crippen molar-refractivity contribution in [2.75, 3.05) is 24.1 Å². The third-order valence-corrected chi connectivity index (χ3v) is 4.58. The highest BCUT2D eigenvalue weighted by atomic mass is 79.9. The van der Waals surface area contributed by atoms with E-state index in [0.29, 0.717) is 11.4 Å². The van der Waals surface area contributed by atoms with Gasteiger partial charge in [-0.1, -0.05) is 15.9 Å². The summed E-state index contributed by atoms with van der Waals surface area (Å²) in [5.41, 5.74) is 7.25. The molecule has 6 nitrogen and oxygen atoms in total. The standard InChI is InChI=1S/C18H22BrFN4O2/c1-18(2,3)26-17(25)24-8-12(20)15(9-24)23-16-11-6-10(19)4-5-14(11)22-7-13(16)21/h4-7,12,15H,8-9,21H2,1-3H3,(H,22,23)/t12-,15+/m0/s1. The zero-order valence-corrected chi connectivity index (χ0v) is 16.5. The number of nitrogen functional groups attached to an aromatic ring is 1. The van der Waals surface area contributed by atoms with Crippen LogP contribution in [0.15, 0.2) is 28.9 Å². The summed E-state index contributed by atoms with van der Waals surface area (Å²) in [6.07, 6.45) is -0.191. The predicted molar refractivity (Wildman–Crippen MR) is 104 cm³/mol. The second kappa shape index (κ2) is 6.90. The maximum Gasteiger partial charge on any atom is 0.410 e. The topological polar surface area (TPSA) is 80.5 Å². The molecule has 26 heavy (non-hydrogen) atoms. The molecule has 0 bridgehead atoms. The number of hydrogen-bond acceptors (Lipinski definition) is 5. The third kappa shape index (κ3) is 4.00. The molecule has 0 aliphatic carbocycles. The minimum atomic E-state index is -1.22. The molecule has 3 N–H and O–H groups in total. The van der Waals surface area contributed by atoms with Crippen LogP contribution in [0.1, 0.15) is 20.8 Å². The first-order valence-electron chi connectivity index (χ1n) is 8.36. The molecule has 1 amide bonds. The first-order chi connectivity index (χ1) is 12.1. The number of alkyl halides is 1. The number of carbonyl (C=O) groups is 1. The Hall–Kier alpha value is -2.09. The van der Waals surface area contributed by atoms with Gasteiger partial charge in [-0.25, -0.2) is 9.18 Å². The van der Waals surface area contributed by atoms with E-state index < -0.39 is 23.9 Å². The predicted octanol–water partition coefficient (Wildman–Crippen LogP) is 3.95. The third-order valence-electron chi connectivity index (χ3n) is 4.09. The molecule has 1 aliphatic rings. The number of aromatic nitrogens is 1. The fraction of sp³-hybridized carbons (Fsp3) is 0.444. The van der Waals surface area contributed by atoms with Crippen molar-refractivity contribution in [2.24, 2.45) is 0 Å². The molecule has 8 heteroatoms. The van der Waals surface area contributed by atoms with Crippen molar-refractivity contribution < 1.29 is 13.9 Å². The first kappa shape index (κ1) is 18.7. The van der Waals surface area contributed by atoms with E-state index in [4.69, 9.17) is 10.5 Å². The molecule has 0 unspecified atom stereocenters. The highest BCUT2D eigenvalue weighted by Gasteiger charge is 2.37. The lowest BCUT2D eigenvalue weighted by Crippen LogP contribution is -2.36. The normalized spacial score (nSPS) is 20.4. The van der Waals surface area contributed by atoms with Crippen LogP contribution in [-0.2, 0) is 4.74 Å². The van der Waals surface area contributed by atoms with E-state index in [1.807, 2.05) is 18.2 Å². The Labute approximate surface area is 160 Å². The van der Waals surface area contributed by atoms with E-state index in [1.165, 1.54) is 4.90 Å². The number of fused-ring (bicyclic) bond motifs is 1. The molecule has 2 aromatic rings. The Morgan fingerprint density at radius 1 is 1.42 bits per heavy atom. The summed E-state index contributed by atoms with van der Waals surface area (Å²) in [6, 6.07) is 5.05. The van der Waals surface area contributed by atoms with Crippen molar-refractivity contribution >= 4 is 44.3 Å². The number of likely N-dealkylation sites (tertiary alicyclic amines) is 1. The summed E-state index contributed by atoms with van der Waals surface area (Å²) in [7, 11) is 0. The quantitative estimate of drug-likeness (QED) is 0.762. The van der Waals surface area contributed by atoms with Gasteiger partial charge in [-0.05, 0) is 39.0 Å². The Morgan fingerprint density at radius 3 is 2.85 bits per heavy atom. The number of amides is 1. The molecule has 2 atom stereocenters. The van der Waals surface area contributed by atoms with Crippen LogP contribution in [0.2, 0.25) is 0 Å². The number of benzene rings is 1. The second-order valence-corrected chi connectivity index (χ2v) is 8.32. The number of halogens is 2. The van der Waals surface area contributed by atoms with E-state index in [9.17, 15) is 9.18 Å². The number of rotatable bonds is 2. The van der Waals surface area contributed by atoms with Crippen LogP contribution in [0.25, 0.3) is 10.9 Å². The molecule has 1 aliphatic heterocycles. The van der Waals surface area contributed by atoms with Crippen LogP contribution in [0.4, 0.5) is 20.6 Å². The molecule has 1 saturated heterocycles. The van der Waals surface area contributed by atoms with Crippen molar-refractivity contribution in [3.63, 3.8) is 0 Å². The van der Waals surface area contributed by atoms with Gasteiger partial charge < -0.3 is 20.7 Å². The van der Waals surface area contributed by atoms with Crippen molar-refractivity contribution in [2.45, 2.75) is 38.6 Å². The van der Waals surface area contributed by atoms with E-state index in [1.54, 1.807) is 27.0 Å². The van der Waals surface area contributed by atoms with Crippen molar-refractivity contribution in [3.05, 3.63) is 28.9 Å². The van der Waals surface area contributed by atoms with Crippen LogP contribution in [0.5, 0.6) is 0 Å². The van der Waals surface area contributed by atoms with E-state index in [2.05, 4.69) is 26.2 Å². The smallest absolute Gasteiger partial charge is 0.410 e. The van der Waals surface area contributed by atoms with Gasteiger partial charge in [0.2, 0.25) is 0 Å². The summed E-state index contributed by atoms with van der Waals surface area (Å²) in [5.74, 6) is 0. The lowest BCUT2D eigenvalue weighted by molar-refractivity contribution is 0.0283. The van der Waals surface area contributed by atoms with Crippen molar-refractivity contribution in [1.29, 1.82) is 0 Å². The van der Waals surface area contributed by atoms with Crippen LogP contribution in [0, 0.1) is 0 Å². The van der Waals surface area contributed by atoms with E-state index >= 15 is 0 Å². The Morgan fingerprint density at radius 2 is 2.15 bits per heavy atom. The van der Waals surface area contributed by atoms with E-state index in [0.717, 1.165) is 15.4 Å². The zero-order chi connectivity index (χ0) is 19.1. The molecule has 3 rings (SSSR count). The molecular weight excluding hydrogens is 403 g/mol. The molecule has 2 heterocycles. The maximum atomic E-state index is 14.6. The fourth-order valence-corrected chi connectivity index (χ4v) is 3.26. The second-order valence-electron chi connectivity index (χ2n) is 7.40. The monoisotopic (exact) mass is 424 g/mol. The fourth-order valence-electron chi connectivity index (χ4n) is 2.90. The Balaban J connectivity index is 1.81. The number of anilines is 2. The van der Waals surface area contributed by atoms with Gasteiger partial charge in [-0.3, -0.25) is 4.98 Å². The molecular formula is C18H22BrFN4O2. The van der Waals surface area contributed by atoms with Gasteiger partial charge in [0.1, 0.15) is 11.8 Å². The molecule has 1 fully saturated rings. The van der Waals surface area contributed by atoms with Crippen LogP contribution in [-0.4, -0.2) is 46.9 Å². The summed E-state index contributed by atoms with van der Waals surface area (Å²) in [4.78, 5) is 17.9. The van der Waals surface area contributed by atoms with Gasteiger partial charge in [0, 0.05) is 16.4 Å². The van der Waals surface area contributed by atoms with Crippen molar-refractivity contribution in [3.8, 4) is 0 Å². The highest BCUT2D eigenvalue weighted by Crippen LogP contribution is 2.32.